The summed E-state index contributed by atoms with van der Waals surface area (Å²) in [6.45, 7) is 2.40. The Morgan fingerprint density at radius 2 is 2.50 bits per heavy atom. The highest BCUT2D eigenvalue weighted by Gasteiger charge is 2.04. The Kier molecular flexibility index (Phi) is 4.97. The normalized spacial score (nSPS) is 10.1. The van der Waals surface area contributed by atoms with Crippen molar-refractivity contribution in [3.63, 3.8) is 0 Å². The Labute approximate surface area is 92.9 Å². The lowest BCUT2D eigenvalue weighted by molar-refractivity contribution is -0.142. The molecule has 0 aliphatic heterocycles. The second-order valence-corrected chi connectivity index (χ2v) is 4.19. The molecule has 0 N–H and O–H groups in total. The van der Waals surface area contributed by atoms with Crippen molar-refractivity contribution in [1.82, 2.24) is 4.98 Å². The summed E-state index contributed by atoms with van der Waals surface area (Å²) < 4.78 is 5.00. The lowest BCUT2D eigenvalue weighted by Gasteiger charge is -2.02. The Morgan fingerprint density at radius 3 is 3.07 bits per heavy atom. The molecule has 1 rings (SSSR count). The number of nitrogens with zero attached hydrogens (tertiary/aromatic N) is 1. The zero-order chi connectivity index (χ0) is 10.4. The highest BCUT2D eigenvalue weighted by molar-refractivity contribution is 7.80. The fourth-order valence-electron chi connectivity index (χ4n) is 0.987. The molecular weight excluding hydrogens is 218 g/mol. The van der Waals surface area contributed by atoms with E-state index in [-0.39, 0.29) is 5.97 Å². The molecule has 5 heteroatoms. The first-order valence-electron chi connectivity index (χ1n) is 4.39. The van der Waals surface area contributed by atoms with Crippen LogP contribution in [0.1, 0.15) is 17.0 Å². The molecule has 3 nitrogen and oxygen atoms in total. The number of ether oxygens (including phenoxy) is 1. The van der Waals surface area contributed by atoms with E-state index in [4.69, 9.17) is 4.74 Å². The van der Waals surface area contributed by atoms with Crippen molar-refractivity contribution in [1.29, 1.82) is 0 Å². The number of carbonyl (C=O) groups excluding carboxylic acids is 1. The molecule has 0 unspecified atom stereocenters. The van der Waals surface area contributed by atoms with Gasteiger partial charge in [-0.25, -0.2) is 4.98 Å². The van der Waals surface area contributed by atoms with Crippen molar-refractivity contribution in [2.75, 3.05) is 12.4 Å². The zero-order valence-corrected chi connectivity index (χ0v) is 9.74. The van der Waals surface area contributed by atoms with E-state index in [0.717, 1.165) is 12.1 Å². The first-order chi connectivity index (χ1) is 6.74. The topological polar surface area (TPSA) is 39.2 Å². The van der Waals surface area contributed by atoms with E-state index in [1.807, 2.05) is 6.92 Å². The summed E-state index contributed by atoms with van der Waals surface area (Å²) in [6.07, 6.45) is 1.14. The average Bonchev–Trinajstić information content (AvgIpc) is 2.52. The predicted molar refractivity (Wildman–Crippen MR) is 60.0 cm³/mol. The van der Waals surface area contributed by atoms with E-state index in [9.17, 15) is 4.79 Å². The van der Waals surface area contributed by atoms with Crippen molar-refractivity contribution in [3.8, 4) is 0 Å². The minimum absolute atomic E-state index is 0.179. The number of thiazole rings is 1. The lowest BCUT2D eigenvalue weighted by Crippen LogP contribution is -2.07. The first kappa shape index (κ1) is 11.5. The summed E-state index contributed by atoms with van der Waals surface area (Å²) >= 11 is 5.55. The molecule has 14 heavy (non-hydrogen) atoms. The standard InChI is InChI=1S/C9H13NO2S2/c1-7-8(14-6-10-7)2-4-12-9(11)3-5-13/h6,13H,2-5H2,1H3. The van der Waals surface area contributed by atoms with E-state index >= 15 is 0 Å². The number of hydrogen-bond donors (Lipinski definition) is 1. The fraction of sp³-hybridized carbons (Fsp3) is 0.556. The maximum atomic E-state index is 11.0. The molecule has 1 heterocycles. The van der Waals surface area contributed by atoms with E-state index in [1.165, 1.54) is 4.88 Å². The number of thiol groups is 1. The average molecular weight is 231 g/mol. The van der Waals surface area contributed by atoms with Crippen LogP contribution in [0.4, 0.5) is 0 Å². The van der Waals surface area contributed by atoms with Gasteiger partial charge in [0.05, 0.1) is 24.2 Å². The van der Waals surface area contributed by atoms with Crippen molar-refractivity contribution < 1.29 is 9.53 Å². The van der Waals surface area contributed by atoms with Crippen LogP contribution in [-0.2, 0) is 16.0 Å². The van der Waals surface area contributed by atoms with E-state index < -0.39 is 0 Å². The summed E-state index contributed by atoms with van der Waals surface area (Å²) in [5, 5.41) is 0. The zero-order valence-electron chi connectivity index (χ0n) is 8.02. The number of aromatic nitrogens is 1. The van der Waals surface area contributed by atoms with Gasteiger partial charge in [-0.3, -0.25) is 4.79 Å². The Hall–Kier alpha value is -0.550. The third kappa shape index (κ3) is 3.67. The molecule has 0 atom stereocenters. The van der Waals surface area contributed by atoms with Crippen molar-refractivity contribution in [2.24, 2.45) is 0 Å². The van der Waals surface area contributed by atoms with Gasteiger partial charge in [-0.05, 0) is 6.92 Å². The van der Waals surface area contributed by atoms with Crippen molar-refractivity contribution >= 4 is 29.9 Å². The molecule has 0 spiro atoms. The highest BCUT2D eigenvalue weighted by atomic mass is 32.1. The molecule has 0 radical (unpaired) electrons. The second kappa shape index (κ2) is 6.03. The van der Waals surface area contributed by atoms with Gasteiger partial charge in [-0.1, -0.05) is 0 Å². The third-order valence-electron chi connectivity index (χ3n) is 1.75. The summed E-state index contributed by atoms with van der Waals surface area (Å²) in [7, 11) is 0. The minimum Gasteiger partial charge on any atom is -0.465 e. The van der Waals surface area contributed by atoms with Gasteiger partial charge >= 0.3 is 5.97 Å². The van der Waals surface area contributed by atoms with Gasteiger partial charge in [-0.15, -0.1) is 11.3 Å². The quantitative estimate of drug-likeness (QED) is 0.621. The van der Waals surface area contributed by atoms with E-state index in [0.29, 0.717) is 18.8 Å². The highest BCUT2D eigenvalue weighted by Crippen LogP contribution is 2.12. The lowest BCUT2D eigenvalue weighted by atomic mass is 10.3. The number of esters is 1. The third-order valence-corrected chi connectivity index (χ3v) is 2.97. The molecule has 0 aromatic carbocycles. The molecule has 1 aromatic heterocycles. The van der Waals surface area contributed by atoms with Gasteiger partial charge < -0.3 is 4.74 Å². The Bertz CT molecular complexity index is 299. The van der Waals surface area contributed by atoms with Crippen LogP contribution in [0.2, 0.25) is 0 Å². The maximum Gasteiger partial charge on any atom is 0.306 e. The number of rotatable bonds is 5. The van der Waals surface area contributed by atoms with Crippen LogP contribution < -0.4 is 0 Å². The van der Waals surface area contributed by atoms with Gasteiger partial charge in [-0.2, -0.15) is 12.6 Å². The fourth-order valence-corrected chi connectivity index (χ4v) is 1.93. The van der Waals surface area contributed by atoms with Gasteiger partial charge in [0.25, 0.3) is 0 Å². The SMILES string of the molecule is Cc1ncsc1CCOC(=O)CCS. The molecule has 0 amide bonds. The molecule has 0 fully saturated rings. The largest absolute Gasteiger partial charge is 0.465 e. The Morgan fingerprint density at radius 1 is 1.71 bits per heavy atom. The Balaban J connectivity index is 2.22. The molecule has 1 aromatic rings. The van der Waals surface area contributed by atoms with Crippen LogP contribution in [0.15, 0.2) is 5.51 Å². The molecule has 78 valence electrons. The molecule has 0 aliphatic rings. The number of carbonyl (C=O) groups is 1. The van der Waals surface area contributed by atoms with Gasteiger partial charge in [0.1, 0.15) is 0 Å². The number of aryl methyl sites for hydroxylation is 1. The molecule has 0 saturated carbocycles. The monoisotopic (exact) mass is 231 g/mol. The number of hydrogen-bond acceptors (Lipinski definition) is 5. The molecular formula is C9H13NO2S2. The van der Waals surface area contributed by atoms with Crippen molar-refractivity contribution in [3.05, 3.63) is 16.1 Å². The van der Waals surface area contributed by atoms with Crippen LogP contribution in [0.25, 0.3) is 0 Å². The van der Waals surface area contributed by atoms with Gasteiger partial charge in [0, 0.05) is 17.1 Å². The first-order valence-corrected chi connectivity index (χ1v) is 5.90. The van der Waals surface area contributed by atoms with Gasteiger partial charge in [0.2, 0.25) is 0 Å². The second-order valence-electron chi connectivity index (χ2n) is 2.81. The summed E-state index contributed by atoms with van der Waals surface area (Å²) in [6, 6.07) is 0. The molecule has 0 bridgehead atoms. The van der Waals surface area contributed by atoms with Crippen LogP contribution in [0, 0.1) is 6.92 Å². The smallest absolute Gasteiger partial charge is 0.306 e. The molecule has 0 aliphatic carbocycles. The van der Waals surface area contributed by atoms with Crippen LogP contribution >= 0.6 is 24.0 Å². The van der Waals surface area contributed by atoms with Crippen molar-refractivity contribution in [2.45, 2.75) is 19.8 Å². The summed E-state index contributed by atoms with van der Waals surface area (Å²) in [4.78, 5) is 16.3. The van der Waals surface area contributed by atoms with Gasteiger partial charge in [0.15, 0.2) is 0 Å². The van der Waals surface area contributed by atoms with Crippen LogP contribution in [0.5, 0.6) is 0 Å². The maximum absolute atomic E-state index is 11.0. The van der Waals surface area contributed by atoms with E-state index in [1.54, 1.807) is 16.8 Å². The van der Waals surface area contributed by atoms with Crippen LogP contribution in [0.3, 0.4) is 0 Å². The molecule has 0 saturated heterocycles. The predicted octanol–water partition coefficient (Wildman–Crippen LogP) is 1.86. The van der Waals surface area contributed by atoms with Crippen LogP contribution in [-0.4, -0.2) is 23.3 Å². The summed E-state index contributed by atoms with van der Waals surface area (Å²) in [5.74, 6) is 0.362. The summed E-state index contributed by atoms with van der Waals surface area (Å²) in [5.41, 5.74) is 2.83. The van der Waals surface area contributed by atoms with E-state index in [2.05, 4.69) is 17.6 Å². The minimum atomic E-state index is -0.179.